The zero-order chi connectivity index (χ0) is 20.8. The Labute approximate surface area is 171 Å². The van der Waals surface area contributed by atoms with Crippen LogP contribution in [0.4, 0.5) is 13.2 Å². The molecule has 4 nitrogen and oxygen atoms in total. The topological polar surface area (TPSA) is 44.0 Å². The molecule has 0 aliphatic heterocycles. The Hall–Kier alpha value is -2.84. The SMILES string of the molecule is O=c1c2sccc2n(Cc2ccccc2Cl)c(=O)n1-c1cccc(C(F)(F)F)c1. The molecule has 0 aliphatic rings. The van der Waals surface area contributed by atoms with E-state index < -0.39 is 23.0 Å². The minimum absolute atomic E-state index is 0.0744. The van der Waals surface area contributed by atoms with E-state index in [0.29, 0.717) is 16.1 Å². The Morgan fingerprint density at radius 3 is 2.48 bits per heavy atom. The highest BCUT2D eigenvalue weighted by molar-refractivity contribution is 7.17. The van der Waals surface area contributed by atoms with E-state index in [1.807, 2.05) is 0 Å². The van der Waals surface area contributed by atoms with Crippen LogP contribution in [0.15, 0.2) is 69.6 Å². The van der Waals surface area contributed by atoms with Crippen LogP contribution in [0, 0.1) is 0 Å². The Morgan fingerprint density at radius 2 is 1.76 bits per heavy atom. The quantitative estimate of drug-likeness (QED) is 0.457. The van der Waals surface area contributed by atoms with Crippen LogP contribution in [0.1, 0.15) is 11.1 Å². The van der Waals surface area contributed by atoms with Crippen molar-refractivity contribution < 1.29 is 13.2 Å². The second kappa shape index (κ2) is 7.20. The lowest BCUT2D eigenvalue weighted by Gasteiger charge is -2.14. The third-order valence-corrected chi connectivity index (χ3v) is 5.73. The zero-order valence-electron chi connectivity index (χ0n) is 14.6. The summed E-state index contributed by atoms with van der Waals surface area (Å²) >= 11 is 7.33. The molecule has 0 aliphatic carbocycles. The molecular formula is C20H12ClF3N2O2S. The Kier molecular flexibility index (Phi) is 4.84. The van der Waals surface area contributed by atoms with Crippen molar-refractivity contribution in [2.75, 3.05) is 0 Å². The lowest BCUT2D eigenvalue weighted by atomic mass is 10.2. The smallest absolute Gasteiger partial charge is 0.288 e. The lowest BCUT2D eigenvalue weighted by molar-refractivity contribution is -0.137. The van der Waals surface area contributed by atoms with Crippen LogP contribution in [0.5, 0.6) is 0 Å². The second-order valence-electron chi connectivity index (χ2n) is 6.28. The molecule has 2 aromatic heterocycles. The van der Waals surface area contributed by atoms with E-state index >= 15 is 0 Å². The van der Waals surface area contributed by atoms with Gasteiger partial charge in [0.2, 0.25) is 0 Å². The van der Waals surface area contributed by atoms with E-state index in [1.54, 1.807) is 35.7 Å². The van der Waals surface area contributed by atoms with E-state index in [0.717, 1.165) is 28.0 Å². The van der Waals surface area contributed by atoms with Gasteiger partial charge in [-0.1, -0.05) is 35.9 Å². The molecule has 0 bridgehead atoms. The molecule has 9 heteroatoms. The minimum Gasteiger partial charge on any atom is -0.288 e. The highest BCUT2D eigenvalue weighted by Gasteiger charge is 2.31. The van der Waals surface area contributed by atoms with Crippen molar-refractivity contribution in [2.24, 2.45) is 0 Å². The molecule has 0 saturated carbocycles. The number of nitrogens with zero attached hydrogens (tertiary/aromatic N) is 2. The first-order chi connectivity index (χ1) is 13.8. The number of thiophene rings is 1. The van der Waals surface area contributed by atoms with E-state index in [-0.39, 0.29) is 16.9 Å². The summed E-state index contributed by atoms with van der Waals surface area (Å²) in [5.74, 6) is 0. The summed E-state index contributed by atoms with van der Waals surface area (Å²) in [7, 11) is 0. The summed E-state index contributed by atoms with van der Waals surface area (Å²) < 4.78 is 41.7. The van der Waals surface area contributed by atoms with Gasteiger partial charge in [0.25, 0.3) is 5.56 Å². The summed E-state index contributed by atoms with van der Waals surface area (Å²) in [6.45, 7) is 0.0744. The fourth-order valence-electron chi connectivity index (χ4n) is 3.09. The van der Waals surface area contributed by atoms with E-state index in [1.165, 1.54) is 16.7 Å². The number of aromatic nitrogens is 2. The number of halogens is 4. The minimum atomic E-state index is -4.59. The largest absolute Gasteiger partial charge is 0.416 e. The van der Waals surface area contributed by atoms with Crippen LogP contribution in [-0.4, -0.2) is 9.13 Å². The highest BCUT2D eigenvalue weighted by atomic mass is 35.5. The molecule has 0 radical (unpaired) electrons. The molecule has 0 amide bonds. The summed E-state index contributed by atoms with van der Waals surface area (Å²) in [5.41, 5.74) is -1.41. The van der Waals surface area contributed by atoms with E-state index in [4.69, 9.17) is 11.6 Å². The van der Waals surface area contributed by atoms with Crippen molar-refractivity contribution in [2.45, 2.75) is 12.7 Å². The number of benzene rings is 2. The maximum absolute atomic E-state index is 13.2. The third-order valence-electron chi connectivity index (χ3n) is 4.47. The van der Waals surface area contributed by atoms with Crippen molar-refractivity contribution in [3.05, 3.63) is 97.0 Å². The number of alkyl halides is 3. The first kappa shape index (κ1) is 19.5. The predicted molar refractivity (Wildman–Crippen MR) is 107 cm³/mol. The number of hydrogen-bond donors (Lipinski definition) is 0. The lowest BCUT2D eigenvalue weighted by Crippen LogP contribution is -2.38. The van der Waals surface area contributed by atoms with Gasteiger partial charge in [-0.15, -0.1) is 11.3 Å². The Bertz CT molecular complexity index is 1340. The summed E-state index contributed by atoms with van der Waals surface area (Å²) in [6.07, 6.45) is -4.59. The van der Waals surface area contributed by atoms with Crippen LogP contribution in [0.25, 0.3) is 15.9 Å². The van der Waals surface area contributed by atoms with Gasteiger partial charge in [0.1, 0.15) is 4.70 Å². The Morgan fingerprint density at radius 1 is 1.00 bits per heavy atom. The van der Waals surface area contributed by atoms with Gasteiger partial charge in [0.05, 0.1) is 23.3 Å². The van der Waals surface area contributed by atoms with E-state index in [9.17, 15) is 22.8 Å². The van der Waals surface area contributed by atoms with Crippen molar-refractivity contribution in [1.82, 2.24) is 9.13 Å². The van der Waals surface area contributed by atoms with Gasteiger partial charge in [-0.3, -0.25) is 9.36 Å². The average molecular weight is 437 g/mol. The molecule has 148 valence electrons. The molecule has 0 N–H and O–H groups in total. The zero-order valence-corrected chi connectivity index (χ0v) is 16.2. The van der Waals surface area contributed by atoms with Crippen molar-refractivity contribution in [3.63, 3.8) is 0 Å². The second-order valence-corrected chi connectivity index (χ2v) is 7.61. The van der Waals surface area contributed by atoms with Crippen LogP contribution >= 0.6 is 22.9 Å². The summed E-state index contributed by atoms with van der Waals surface area (Å²) in [6, 6.07) is 12.7. The Balaban J connectivity index is 1.99. The molecule has 2 heterocycles. The van der Waals surface area contributed by atoms with Gasteiger partial charge in [0.15, 0.2) is 0 Å². The maximum Gasteiger partial charge on any atom is 0.416 e. The van der Waals surface area contributed by atoms with E-state index in [2.05, 4.69) is 0 Å². The van der Waals surface area contributed by atoms with Crippen molar-refractivity contribution >= 4 is 33.2 Å². The average Bonchev–Trinajstić information content (AvgIpc) is 3.16. The first-order valence-electron chi connectivity index (χ1n) is 8.41. The van der Waals surface area contributed by atoms with Crippen molar-refractivity contribution in [3.8, 4) is 5.69 Å². The molecule has 4 aromatic rings. The van der Waals surface area contributed by atoms with Gasteiger partial charge in [-0.05, 0) is 41.3 Å². The summed E-state index contributed by atoms with van der Waals surface area (Å²) in [4.78, 5) is 26.1. The predicted octanol–water partition coefficient (Wildman–Crippen LogP) is 4.93. The van der Waals surface area contributed by atoms with Gasteiger partial charge < -0.3 is 0 Å². The van der Waals surface area contributed by atoms with Crippen LogP contribution < -0.4 is 11.2 Å². The number of rotatable bonds is 3. The molecule has 0 saturated heterocycles. The maximum atomic E-state index is 13.2. The molecule has 0 unspecified atom stereocenters. The number of hydrogen-bond acceptors (Lipinski definition) is 3. The van der Waals surface area contributed by atoms with Crippen LogP contribution in [-0.2, 0) is 12.7 Å². The van der Waals surface area contributed by atoms with Gasteiger partial charge in [-0.2, -0.15) is 13.2 Å². The molecule has 4 rings (SSSR count). The van der Waals surface area contributed by atoms with Crippen LogP contribution in [0.2, 0.25) is 5.02 Å². The van der Waals surface area contributed by atoms with Gasteiger partial charge in [0, 0.05) is 5.02 Å². The first-order valence-corrected chi connectivity index (χ1v) is 9.67. The monoisotopic (exact) mass is 436 g/mol. The van der Waals surface area contributed by atoms with Crippen molar-refractivity contribution in [1.29, 1.82) is 0 Å². The highest BCUT2D eigenvalue weighted by Crippen LogP contribution is 2.30. The number of fused-ring (bicyclic) bond motifs is 1. The fourth-order valence-corrected chi connectivity index (χ4v) is 4.11. The molecule has 0 spiro atoms. The molecule has 29 heavy (non-hydrogen) atoms. The molecule has 2 aromatic carbocycles. The molecule has 0 atom stereocenters. The molecular weight excluding hydrogens is 425 g/mol. The molecule has 0 fully saturated rings. The standard InChI is InChI=1S/C20H12ClF3N2O2S/c21-15-7-2-1-4-12(15)11-25-16-8-9-29-17(16)18(27)26(19(25)28)14-6-3-5-13(10-14)20(22,23)24/h1-10H,11H2. The fraction of sp³-hybridized carbons (Fsp3) is 0.100. The van der Waals surface area contributed by atoms with Gasteiger partial charge >= 0.3 is 11.9 Å². The van der Waals surface area contributed by atoms with Crippen LogP contribution in [0.3, 0.4) is 0 Å². The normalized spacial score (nSPS) is 11.9. The summed E-state index contributed by atoms with van der Waals surface area (Å²) in [5, 5.41) is 2.10. The third kappa shape index (κ3) is 3.49. The van der Waals surface area contributed by atoms with Gasteiger partial charge in [-0.25, -0.2) is 9.36 Å².